The Hall–Kier alpha value is -2.76. The summed E-state index contributed by atoms with van der Waals surface area (Å²) in [5.74, 6) is -0.136. The Balaban J connectivity index is 1.42. The van der Waals surface area contributed by atoms with E-state index in [1.165, 1.54) is 0 Å². The minimum absolute atomic E-state index is 0.0335. The van der Waals surface area contributed by atoms with Crippen LogP contribution in [-0.2, 0) is 22.7 Å². The highest BCUT2D eigenvalue weighted by Gasteiger charge is 2.41. The molecule has 1 aliphatic heterocycles. The zero-order valence-electron chi connectivity index (χ0n) is 14.6. The Morgan fingerprint density at radius 3 is 2.77 bits per heavy atom. The number of nitrogens with zero attached hydrogens (tertiary/aromatic N) is 4. The SMILES string of the molecule is O=C1C[C@@H](C(=O)N(Cc2cccnc2)C2CC2)CN1Cc1ccccn1. The van der Waals surface area contributed by atoms with Gasteiger partial charge in [0.1, 0.15) is 0 Å². The number of likely N-dealkylation sites (tertiary alicyclic amines) is 1. The number of carbonyl (C=O) groups excluding carboxylic acids is 2. The molecule has 6 heteroatoms. The Morgan fingerprint density at radius 2 is 2.08 bits per heavy atom. The number of hydrogen-bond donors (Lipinski definition) is 0. The molecule has 1 saturated carbocycles. The first-order valence-electron chi connectivity index (χ1n) is 9.08. The smallest absolute Gasteiger partial charge is 0.228 e. The van der Waals surface area contributed by atoms with Gasteiger partial charge in [0.15, 0.2) is 0 Å². The van der Waals surface area contributed by atoms with Crippen molar-refractivity contribution in [3.63, 3.8) is 0 Å². The van der Waals surface area contributed by atoms with Gasteiger partial charge >= 0.3 is 0 Å². The minimum atomic E-state index is -0.261. The molecule has 0 aromatic carbocycles. The first-order chi connectivity index (χ1) is 12.7. The maximum atomic E-state index is 13.1. The molecule has 1 saturated heterocycles. The summed E-state index contributed by atoms with van der Waals surface area (Å²) in [6.07, 6.45) is 7.64. The lowest BCUT2D eigenvalue weighted by molar-refractivity contribution is -0.137. The highest BCUT2D eigenvalue weighted by atomic mass is 16.2. The number of amides is 2. The lowest BCUT2D eigenvalue weighted by Crippen LogP contribution is -2.38. The quantitative estimate of drug-likeness (QED) is 0.799. The van der Waals surface area contributed by atoms with Crippen LogP contribution < -0.4 is 0 Å². The first kappa shape index (κ1) is 16.7. The molecule has 0 radical (unpaired) electrons. The van der Waals surface area contributed by atoms with E-state index in [2.05, 4.69) is 9.97 Å². The molecular weight excluding hydrogens is 328 g/mol. The van der Waals surface area contributed by atoms with E-state index in [0.717, 1.165) is 24.1 Å². The molecule has 1 atom stereocenters. The predicted octanol–water partition coefficient (Wildman–Crippen LogP) is 2.02. The van der Waals surface area contributed by atoms with Crippen molar-refractivity contribution < 1.29 is 9.59 Å². The van der Waals surface area contributed by atoms with Gasteiger partial charge in [0.25, 0.3) is 0 Å². The van der Waals surface area contributed by atoms with Gasteiger partial charge in [0.2, 0.25) is 11.8 Å². The number of hydrogen-bond acceptors (Lipinski definition) is 4. The van der Waals surface area contributed by atoms with Crippen LogP contribution in [0.3, 0.4) is 0 Å². The van der Waals surface area contributed by atoms with Crippen LogP contribution in [-0.4, -0.2) is 44.2 Å². The molecule has 0 N–H and O–H groups in total. The van der Waals surface area contributed by atoms with Crippen molar-refractivity contribution in [2.75, 3.05) is 6.54 Å². The van der Waals surface area contributed by atoms with Gasteiger partial charge in [-0.05, 0) is 36.6 Å². The van der Waals surface area contributed by atoms with Crippen molar-refractivity contribution in [3.8, 4) is 0 Å². The van der Waals surface area contributed by atoms with E-state index < -0.39 is 0 Å². The minimum Gasteiger partial charge on any atom is -0.336 e. The Labute approximate surface area is 152 Å². The number of rotatable bonds is 6. The second-order valence-corrected chi connectivity index (χ2v) is 7.05. The van der Waals surface area contributed by atoms with Crippen molar-refractivity contribution in [2.24, 2.45) is 5.92 Å². The van der Waals surface area contributed by atoms with Gasteiger partial charge in [-0.3, -0.25) is 19.6 Å². The van der Waals surface area contributed by atoms with Crippen molar-refractivity contribution in [2.45, 2.75) is 38.4 Å². The van der Waals surface area contributed by atoms with Crippen LogP contribution >= 0.6 is 0 Å². The molecule has 2 amide bonds. The van der Waals surface area contributed by atoms with Crippen LogP contribution in [0.4, 0.5) is 0 Å². The average Bonchev–Trinajstić information content (AvgIpc) is 3.45. The molecule has 4 rings (SSSR count). The van der Waals surface area contributed by atoms with Gasteiger partial charge in [0, 0.05) is 44.1 Å². The Kier molecular flexibility index (Phi) is 4.65. The Bertz CT molecular complexity index is 777. The fourth-order valence-electron chi connectivity index (χ4n) is 3.47. The van der Waals surface area contributed by atoms with Gasteiger partial charge in [0.05, 0.1) is 18.2 Å². The molecule has 134 valence electrons. The highest BCUT2D eigenvalue weighted by Crippen LogP contribution is 2.32. The van der Waals surface area contributed by atoms with Crippen molar-refractivity contribution in [3.05, 3.63) is 60.2 Å². The number of pyridine rings is 2. The van der Waals surface area contributed by atoms with Gasteiger partial charge < -0.3 is 9.80 Å². The molecule has 2 fully saturated rings. The van der Waals surface area contributed by atoms with E-state index >= 15 is 0 Å². The van der Waals surface area contributed by atoms with E-state index in [9.17, 15) is 9.59 Å². The summed E-state index contributed by atoms with van der Waals surface area (Å²) in [5.41, 5.74) is 1.88. The van der Waals surface area contributed by atoms with E-state index in [-0.39, 0.29) is 17.7 Å². The van der Waals surface area contributed by atoms with Gasteiger partial charge in [-0.15, -0.1) is 0 Å². The molecule has 0 spiro atoms. The fraction of sp³-hybridized carbons (Fsp3) is 0.400. The van der Waals surface area contributed by atoms with Crippen molar-refractivity contribution >= 4 is 11.8 Å². The zero-order valence-corrected chi connectivity index (χ0v) is 14.6. The van der Waals surface area contributed by atoms with E-state index in [1.54, 1.807) is 23.5 Å². The van der Waals surface area contributed by atoms with Crippen molar-refractivity contribution in [1.29, 1.82) is 0 Å². The molecule has 0 bridgehead atoms. The summed E-state index contributed by atoms with van der Waals surface area (Å²) < 4.78 is 0. The molecule has 3 heterocycles. The van der Waals surface area contributed by atoms with Crippen LogP contribution in [0.15, 0.2) is 48.9 Å². The third-order valence-electron chi connectivity index (χ3n) is 4.99. The van der Waals surface area contributed by atoms with Crippen LogP contribution in [0.1, 0.15) is 30.5 Å². The summed E-state index contributed by atoms with van der Waals surface area (Å²) in [5, 5.41) is 0. The molecule has 6 nitrogen and oxygen atoms in total. The highest BCUT2D eigenvalue weighted by molar-refractivity contribution is 5.89. The normalized spacial score (nSPS) is 19.6. The summed E-state index contributed by atoms with van der Waals surface area (Å²) in [7, 11) is 0. The molecule has 1 aliphatic carbocycles. The van der Waals surface area contributed by atoms with Gasteiger partial charge in [-0.2, -0.15) is 0 Å². The molecule has 26 heavy (non-hydrogen) atoms. The summed E-state index contributed by atoms with van der Waals surface area (Å²) in [6, 6.07) is 9.85. The number of carbonyl (C=O) groups is 2. The predicted molar refractivity (Wildman–Crippen MR) is 95.6 cm³/mol. The third kappa shape index (κ3) is 3.74. The zero-order chi connectivity index (χ0) is 17.9. The summed E-state index contributed by atoms with van der Waals surface area (Å²) in [6.45, 7) is 1.52. The van der Waals surface area contributed by atoms with Gasteiger partial charge in [-0.25, -0.2) is 0 Å². The van der Waals surface area contributed by atoms with Crippen molar-refractivity contribution in [1.82, 2.24) is 19.8 Å². The molecular formula is C20H22N4O2. The molecule has 0 unspecified atom stereocenters. The summed E-state index contributed by atoms with van der Waals surface area (Å²) in [4.78, 5) is 37.6. The second-order valence-electron chi connectivity index (χ2n) is 7.05. The monoisotopic (exact) mass is 350 g/mol. The van der Waals surface area contributed by atoms with Crippen LogP contribution in [0.5, 0.6) is 0 Å². The largest absolute Gasteiger partial charge is 0.336 e. The standard InChI is InChI=1S/C20H22N4O2/c25-19-10-16(13-23(19)14-17-5-1-2-9-22-17)20(26)24(18-6-7-18)12-15-4-3-8-21-11-15/h1-5,8-9,11,16,18H,6-7,10,12-14H2/t16-/m1/s1. The molecule has 2 aromatic heterocycles. The van der Waals surface area contributed by atoms with E-state index in [0.29, 0.717) is 32.1 Å². The Morgan fingerprint density at radius 1 is 1.19 bits per heavy atom. The van der Waals surface area contributed by atoms with E-state index in [4.69, 9.17) is 0 Å². The maximum absolute atomic E-state index is 13.1. The topological polar surface area (TPSA) is 66.4 Å². The number of aromatic nitrogens is 2. The van der Waals surface area contributed by atoms with E-state index in [1.807, 2.05) is 35.2 Å². The second kappa shape index (κ2) is 7.23. The summed E-state index contributed by atoms with van der Waals surface area (Å²) >= 11 is 0. The average molecular weight is 350 g/mol. The van der Waals surface area contributed by atoms with Gasteiger partial charge in [-0.1, -0.05) is 12.1 Å². The molecule has 2 aliphatic rings. The van der Waals surface area contributed by atoms with Crippen LogP contribution in [0.2, 0.25) is 0 Å². The maximum Gasteiger partial charge on any atom is 0.228 e. The fourth-order valence-corrected chi connectivity index (χ4v) is 3.47. The lowest BCUT2D eigenvalue weighted by Gasteiger charge is -2.25. The third-order valence-corrected chi connectivity index (χ3v) is 4.99. The molecule has 2 aromatic rings. The lowest BCUT2D eigenvalue weighted by atomic mass is 10.1. The first-order valence-corrected chi connectivity index (χ1v) is 9.08. The van der Waals surface area contributed by atoms with Crippen LogP contribution in [0, 0.1) is 5.92 Å². The van der Waals surface area contributed by atoms with Crippen LogP contribution in [0.25, 0.3) is 0 Å².